The van der Waals surface area contributed by atoms with Crippen LogP contribution in [0.25, 0.3) is 0 Å². The van der Waals surface area contributed by atoms with Gasteiger partial charge in [-0.05, 0) is 50.3 Å². The normalized spacial score (nSPS) is 18.4. The van der Waals surface area contributed by atoms with Crippen LogP contribution in [0.5, 0.6) is 5.75 Å². The molecular formula is C15H19NO. The highest BCUT2D eigenvalue weighted by Gasteiger charge is 2.28. The summed E-state index contributed by atoms with van der Waals surface area (Å²) in [4.78, 5) is 0. The zero-order valence-electron chi connectivity index (χ0n) is 10.4. The number of rotatable bonds is 3. The van der Waals surface area contributed by atoms with Crippen molar-refractivity contribution in [3.8, 4) is 11.8 Å². The first-order valence-corrected chi connectivity index (χ1v) is 6.37. The molecule has 1 aromatic carbocycles. The lowest BCUT2D eigenvalue weighted by Gasteiger charge is -2.34. The monoisotopic (exact) mass is 229 g/mol. The Kier molecular flexibility index (Phi) is 3.68. The molecule has 0 N–H and O–H groups in total. The molecular weight excluding hydrogens is 210 g/mol. The Labute approximate surface area is 103 Å². The summed E-state index contributed by atoms with van der Waals surface area (Å²) in [6.07, 6.45) is 6.63. The van der Waals surface area contributed by atoms with Crippen LogP contribution in [-0.2, 0) is 6.42 Å². The van der Waals surface area contributed by atoms with E-state index in [0.717, 1.165) is 24.2 Å². The van der Waals surface area contributed by atoms with Gasteiger partial charge in [0.2, 0.25) is 0 Å². The van der Waals surface area contributed by atoms with Crippen molar-refractivity contribution in [3.05, 3.63) is 29.8 Å². The van der Waals surface area contributed by atoms with E-state index in [-0.39, 0.29) is 5.60 Å². The van der Waals surface area contributed by atoms with Gasteiger partial charge in [-0.15, -0.1) is 0 Å². The van der Waals surface area contributed by atoms with Gasteiger partial charge in [-0.2, -0.15) is 5.26 Å². The molecule has 0 amide bonds. The molecule has 1 saturated carbocycles. The van der Waals surface area contributed by atoms with Crippen molar-refractivity contribution < 1.29 is 4.74 Å². The summed E-state index contributed by atoms with van der Waals surface area (Å²) < 4.78 is 6.09. The van der Waals surface area contributed by atoms with Crippen LogP contribution in [0.3, 0.4) is 0 Å². The highest BCUT2D eigenvalue weighted by Crippen LogP contribution is 2.32. The lowest BCUT2D eigenvalue weighted by Crippen LogP contribution is -2.34. The second-order valence-corrected chi connectivity index (χ2v) is 5.09. The molecule has 0 radical (unpaired) electrons. The average Bonchev–Trinajstić information content (AvgIpc) is 2.33. The summed E-state index contributed by atoms with van der Waals surface area (Å²) in [7, 11) is 0. The molecule has 0 saturated heterocycles. The summed E-state index contributed by atoms with van der Waals surface area (Å²) >= 11 is 0. The zero-order valence-corrected chi connectivity index (χ0v) is 10.4. The summed E-state index contributed by atoms with van der Waals surface area (Å²) in [6, 6.07) is 10.1. The molecule has 0 aromatic heterocycles. The molecule has 17 heavy (non-hydrogen) atoms. The molecule has 2 heteroatoms. The molecule has 0 atom stereocenters. The van der Waals surface area contributed by atoms with E-state index in [0.29, 0.717) is 6.42 Å². The minimum atomic E-state index is 0.00892. The van der Waals surface area contributed by atoms with Gasteiger partial charge in [-0.3, -0.25) is 0 Å². The van der Waals surface area contributed by atoms with Crippen LogP contribution in [-0.4, -0.2) is 5.60 Å². The largest absolute Gasteiger partial charge is 0.488 e. The minimum absolute atomic E-state index is 0.00892. The highest BCUT2D eigenvalue weighted by molar-refractivity contribution is 5.29. The third-order valence-electron chi connectivity index (χ3n) is 3.48. The zero-order chi connectivity index (χ0) is 12.1. The minimum Gasteiger partial charge on any atom is -0.488 e. The SMILES string of the molecule is CC1(Oc2ccc(CC#N)cc2)CCCCC1. The molecule has 0 bridgehead atoms. The van der Waals surface area contributed by atoms with Crippen molar-refractivity contribution in [2.45, 2.75) is 51.0 Å². The Hall–Kier alpha value is -1.49. The molecule has 2 nitrogen and oxygen atoms in total. The topological polar surface area (TPSA) is 33.0 Å². The standard InChI is InChI=1S/C15H19NO/c1-15(10-3-2-4-11-15)17-14-7-5-13(6-8-14)9-12-16/h5-8H,2-4,9-11H2,1H3. The lowest BCUT2D eigenvalue weighted by molar-refractivity contribution is 0.0487. The van der Waals surface area contributed by atoms with E-state index >= 15 is 0 Å². The lowest BCUT2D eigenvalue weighted by atomic mass is 9.86. The summed E-state index contributed by atoms with van der Waals surface area (Å²) in [5.74, 6) is 0.927. The maximum absolute atomic E-state index is 8.61. The van der Waals surface area contributed by atoms with Crippen LogP contribution in [0, 0.1) is 11.3 Å². The highest BCUT2D eigenvalue weighted by atomic mass is 16.5. The number of nitrogens with zero attached hydrogens (tertiary/aromatic N) is 1. The van der Waals surface area contributed by atoms with Gasteiger partial charge >= 0.3 is 0 Å². The second kappa shape index (κ2) is 5.23. The maximum Gasteiger partial charge on any atom is 0.120 e. The van der Waals surface area contributed by atoms with E-state index in [1.54, 1.807) is 0 Å². The first kappa shape index (κ1) is 12.0. The van der Waals surface area contributed by atoms with Gasteiger partial charge in [0.05, 0.1) is 12.5 Å². The fourth-order valence-electron chi connectivity index (χ4n) is 2.45. The Bertz CT molecular complexity index is 396. The van der Waals surface area contributed by atoms with Crippen LogP contribution in [0.4, 0.5) is 0 Å². The van der Waals surface area contributed by atoms with E-state index in [1.807, 2.05) is 24.3 Å². The molecule has 1 fully saturated rings. The maximum atomic E-state index is 8.61. The first-order chi connectivity index (χ1) is 8.22. The summed E-state index contributed by atoms with van der Waals surface area (Å²) in [6.45, 7) is 2.20. The van der Waals surface area contributed by atoms with Crippen LogP contribution in [0.15, 0.2) is 24.3 Å². The second-order valence-electron chi connectivity index (χ2n) is 5.09. The molecule has 2 rings (SSSR count). The van der Waals surface area contributed by atoms with Crippen molar-refractivity contribution in [3.63, 3.8) is 0 Å². The van der Waals surface area contributed by atoms with Gasteiger partial charge in [0.1, 0.15) is 11.4 Å². The van der Waals surface area contributed by atoms with Crippen LogP contribution in [0.2, 0.25) is 0 Å². The molecule has 0 aliphatic heterocycles. The van der Waals surface area contributed by atoms with Gasteiger partial charge in [0.25, 0.3) is 0 Å². The van der Waals surface area contributed by atoms with Crippen molar-refractivity contribution in [1.82, 2.24) is 0 Å². The predicted molar refractivity (Wildman–Crippen MR) is 67.9 cm³/mol. The van der Waals surface area contributed by atoms with Crippen molar-refractivity contribution >= 4 is 0 Å². The fraction of sp³-hybridized carbons (Fsp3) is 0.533. The Balaban J connectivity index is 2.00. The van der Waals surface area contributed by atoms with Crippen molar-refractivity contribution in [2.75, 3.05) is 0 Å². The molecule has 0 heterocycles. The summed E-state index contributed by atoms with van der Waals surface area (Å²) in [5, 5.41) is 8.61. The van der Waals surface area contributed by atoms with Crippen LogP contribution < -0.4 is 4.74 Å². The van der Waals surface area contributed by atoms with Crippen molar-refractivity contribution in [1.29, 1.82) is 5.26 Å². The van der Waals surface area contributed by atoms with E-state index in [9.17, 15) is 0 Å². The van der Waals surface area contributed by atoms with E-state index < -0.39 is 0 Å². The third kappa shape index (κ3) is 3.23. The Morgan fingerprint density at radius 1 is 1.18 bits per heavy atom. The van der Waals surface area contributed by atoms with Gasteiger partial charge in [0, 0.05) is 0 Å². The molecule has 1 aliphatic rings. The molecule has 1 aromatic rings. The third-order valence-corrected chi connectivity index (χ3v) is 3.48. The van der Waals surface area contributed by atoms with Gasteiger partial charge < -0.3 is 4.74 Å². The number of hydrogen-bond donors (Lipinski definition) is 0. The number of hydrogen-bond acceptors (Lipinski definition) is 2. The van der Waals surface area contributed by atoms with Gasteiger partial charge in [0.15, 0.2) is 0 Å². The van der Waals surface area contributed by atoms with Gasteiger partial charge in [-0.25, -0.2) is 0 Å². The number of benzene rings is 1. The fourth-order valence-corrected chi connectivity index (χ4v) is 2.45. The molecule has 0 unspecified atom stereocenters. The molecule has 90 valence electrons. The number of nitriles is 1. The van der Waals surface area contributed by atoms with Crippen LogP contribution >= 0.6 is 0 Å². The average molecular weight is 229 g/mol. The van der Waals surface area contributed by atoms with E-state index in [4.69, 9.17) is 10.00 Å². The smallest absolute Gasteiger partial charge is 0.120 e. The quantitative estimate of drug-likeness (QED) is 0.788. The number of ether oxygens (including phenoxy) is 1. The van der Waals surface area contributed by atoms with Crippen LogP contribution in [0.1, 0.15) is 44.6 Å². The Morgan fingerprint density at radius 2 is 1.82 bits per heavy atom. The Morgan fingerprint density at radius 3 is 2.41 bits per heavy atom. The van der Waals surface area contributed by atoms with Gasteiger partial charge in [-0.1, -0.05) is 18.6 Å². The predicted octanol–water partition coefficient (Wildman–Crippen LogP) is 3.85. The van der Waals surface area contributed by atoms with Crippen molar-refractivity contribution in [2.24, 2.45) is 0 Å². The molecule has 0 spiro atoms. The first-order valence-electron chi connectivity index (χ1n) is 6.37. The van der Waals surface area contributed by atoms with E-state index in [2.05, 4.69) is 13.0 Å². The summed E-state index contributed by atoms with van der Waals surface area (Å²) in [5.41, 5.74) is 1.06. The molecule has 1 aliphatic carbocycles. The van der Waals surface area contributed by atoms with E-state index in [1.165, 1.54) is 19.3 Å².